The van der Waals surface area contributed by atoms with Gasteiger partial charge in [-0.2, -0.15) is 0 Å². The number of para-hydroxylation sites is 1. The Bertz CT molecular complexity index is 950. The number of benzene rings is 1. The van der Waals surface area contributed by atoms with Crippen molar-refractivity contribution in [3.63, 3.8) is 0 Å². The zero-order valence-electron chi connectivity index (χ0n) is 14.7. The number of nitrogens with zero attached hydrogens (tertiary/aromatic N) is 2. The Morgan fingerprint density at radius 1 is 1.26 bits per heavy atom. The zero-order valence-corrected chi connectivity index (χ0v) is 15.5. The van der Waals surface area contributed by atoms with Crippen LogP contribution in [0.15, 0.2) is 40.2 Å². The van der Waals surface area contributed by atoms with Gasteiger partial charge >= 0.3 is 5.97 Å². The van der Waals surface area contributed by atoms with Gasteiger partial charge in [-0.05, 0) is 26.0 Å². The van der Waals surface area contributed by atoms with Gasteiger partial charge in [-0.1, -0.05) is 17.3 Å². The van der Waals surface area contributed by atoms with E-state index >= 15 is 0 Å². The average molecular weight is 387 g/mol. The Labute approximate surface area is 159 Å². The van der Waals surface area contributed by atoms with E-state index in [9.17, 15) is 9.59 Å². The standard InChI is InChI=1S/C18H17N3O5S/c1-11-7-16(21-26-11)20-17(22)9-25-18(23)14-5-3-4-6-15(14)24-8-13-10-27-12(2)19-13/h3-7,10H,8-9H2,1-2H3,(H,20,21,22). The van der Waals surface area contributed by atoms with E-state index in [1.165, 1.54) is 11.3 Å². The van der Waals surface area contributed by atoms with Crippen molar-refractivity contribution in [2.45, 2.75) is 20.5 Å². The van der Waals surface area contributed by atoms with Crippen LogP contribution in [0.2, 0.25) is 0 Å². The van der Waals surface area contributed by atoms with Gasteiger partial charge < -0.3 is 19.3 Å². The minimum Gasteiger partial charge on any atom is -0.486 e. The van der Waals surface area contributed by atoms with Crippen molar-refractivity contribution in [2.24, 2.45) is 0 Å². The number of ether oxygens (including phenoxy) is 2. The van der Waals surface area contributed by atoms with Crippen molar-refractivity contribution in [2.75, 3.05) is 11.9 Å². The molecule has 1 amide bonds. The van der Waals surface area contributed by atoms with E-state index in [4.69, 9.17) is 14.0 Å². The van der Waals surface area contributed by atoms with E-state index in [-0.39, 0.29) is 18.0 Å². The van der Waals surface area contributed by atoms with Crippen LogP contribution in [-0.2, 0) is 16.1 Å². The first-order valence-corrected chi connectivity index (χ1v) is 8.92. The monoisotopic (exact) mass is 387 g/mol. The van der Waals surface area contributed by atoms with Gasteiger partial charge in [0.15, 0.2) is 12.4 Å². The lowest BCUT2D eigenvalue weighted by Crippen LogP contribution is -2.21. The van der Waals surface area contributed by atoms with E-state index in [1.54, 1.807) is 37.3 Å². The number of hydrogen-bond acceptors (Lipinski definition) is 8. The van der Waals surface area contributed by atoms with Crippen LogP contribution in [0.1, 0.15) is 26.8 Å². The second-order valence-electron chi connectivity index (χ2n) is 5.59. The largest absolute Gasteiger partial charge is 0.486 e. The summed E-state index contributed by atoms with van der Waals surface area (Å²) >= 11 is 1.52. The van der Waals surface area contributed by atoms with Gasteiger partial charge in [0.05, 0.1) is 10.7 Å². The molecule has 0 spiro atoms. The zero-order chi connectivity index (χ0) is 19.2. The number of carbonyl (C=O) groups is 2. The highest BCUT2D eigenvalue weighted by atomic mass is 32.1. The first-order chi connectivity index (χ1) is 13.0. The van der Waals surface area contributed by atoms with Gasteiger partial charge in [0.25, 0.3) is 5.91 Å². The maximum atomic E-state index is 12.3. The number of aryl methyl sites for hydroxylation is 2. The van der Waals surface area contributed by atoms with Crippen LogP contribution in [0.5, 0.6) is 5.75 Å². The number of thiazole rings is 1. The summed E-state index contributed by atoms with van der Waals surface area (Å²) in [7, 11) is 0. The average Bonchev–Trinajstić information content (AvgIpc) is 3.26. The number of amides is 1. The maximum Gasteiger partial charge on any atom is 0.342 e. The highest BCUT2D eigenvalue weighted by Crippen LogP contribution is 2.21. The first kappa shape index (κ1) is 18.6. The third-order valence-corrected chi connectivity index (χ3v) is 4.20. The molecule has 0 fully saturated rings. The van der Waals surface area contributed by atoms with Crippen molar-refractivity contribution in [1.29, 1.82) is 0 Å². The Balaban J connectivity index is 1.56. The van der Waals surface area contributed by atoms with Crippen LogP contribution >= 0.6 is 11.3 Å². The molecule has 27 heavy (non-hydrogen) atoms. The molecule has 3 rings (SSSR count). The lowest BCUT2D eigenvalue weighted by molar-refractivity contribution is -0.119. The molecule has 0 saturated carbocycles. The van der Waals surface area contributed by atoms with Crippen LogP contribution in [0.25, 0.3) is 0 Å². The van der Waals surface area contributed by atoms with Crippen molar-refractivity contribution >= 4 is 29.0 Å². The molecule has 140 valence electrons. The van der Waals surface area contributed by atoms with E-state index in [1.807, 2.05) is 12.3 Å². The second-order valence-corrected chi connectivity index (χ2v) is 6.65. The third kappa shape index (κ3) is 5.14. The summed E-state index contributed by atoms with van der Waals surface area (Å²) in [5, 5.41) is 8.95. The fraction of sp³-hybridized carbons (Fsp3) is 0.222. The summed E-state index contributed by atoms with van der Waals surface area (Å²) in [4.78, 5) is 28.5. The molecule has 0 saturated heterocycles. The number of hydrogen-bond donors (Lipinski definition) is 1. The fourth-order valence-corrected chi connectivity index (χ4v) is 2.80. The number of carbonyl (C=O) groups excluding carboxylic acids is 2. The molecule has 8 nitrogen and oxygen atoms in total. The minimum absolute atomic E-state index is 0.231. The number of rotatable bonds is 7. The van der Waals surface area contributed by atoms with Gasteiger partial charge in [0, 0.05) is 11.4 Å². The molecule has 9 heteroatoms. The summed E-state index contributed by atoms with van der Waals surface area (Å²) in [6.45, 7) is 3.39. The molecule has 0 unspecified atom stereocenters. The molecular formula is C18H17N3O5S. The number of esters is 1. The molecule has 1 N–H and O–H groups in total. The van der Waals surface area contributed by atoms with Crippen LogP contribution in [-0.4, -0.2) is 28.6 Å². The number of aromatic nitrogens is 2. The Hall–Kier alpha value is -3.20. The Morgan fingerprint density at radius 2 is 2.07 bits per heavy atom. The Morgan fingerprint density at radius 3 is 2.78 bits per heavy atom. The maximum absolute atomic E-state index is 12.3. The van der Waals surface area contributed by atoms with E-state index < -0.39 is 18.5 Å². The van der Waals surface area contributed by atoms with Crippen LogP contribution in [0, 0.1) is 13.8 Å². The summed E-state index contributed by atoms with van der Waals surface area (Å²) in [5.41, 5.74) is 1.01. The minimum atomic E-state index is -0.661. The van der Waals surface area contributed by atoms with Crippen molar-refractivity contribution in [3.8, 4) is 5.75 Å². The number of anilines is 1. The first-order valence-electron chi connectivity index (χ1n) is 8.04. The van der Waals surface area contributed by atoms with Crippen LogP contribution in [0.4, 0.5) is 5.82 Å². The van der Waals surface area contributed by atoms with Gasteiger partial charge in [-0.25, -0.2) is 9.78 Å². The quantitative estimate of drug-likeness (QED) is 0.621. The molecular weight excluding hydrogens is 370 g/mol. The van der Waals surface area contributed by atoms with E-state index in [0.717, 1.165) is 10.7 Å². The van der Waals surface area contributed by atoms with Crippen molar-refractivity contribution in [1.82, 2.24) is 10.1 Å². The smallest absolute Gasteiger partial charge is 0.342 e. The summed E-state index contributed by atoms with van der Waals surface area (Å²) in [6, 6.07) is 8.23. The SMILES string of the molecule is Cc1cc(NC(=O)COC(=O)c2ccccc2OCc2csc(C)n2)no1. The molecule has 3 aromatic rings. The molecule has 0 radical (unpaired) electrons. The fourth-order valence-electron chi connectivity index (χ4n) is 2.20. The summed E-state index contributed by atoms with van der Waals surface area (Å²) < 4.78 is 15.6. The van der Waals surface area contributed by atoms with Crippen molar-refractivity contribution < 1.29 is 23.6 Å². The molecule has 2 heterocycles. The van der Waals surface area contributed by atoms with Crippen molar-refractivity contribution in [3.05, 3.63) is 57.7 Å². The van der Waals surface area contributed by atoms with Gasteiger partial charge in [-0.3, -0.25) is 4.79 Å². The molecule has 2 aromatic heterocycles. The predicted octanol–water partition coefficient (Wildman–Crippen LogP) is 3.12. The lowest BCUT2D eigenvalue weighted by atomic mass is 10.2. The van der Waals surface area contributed by atoms with E-state index in [2.05, 4.69) is 15.5 Å². The molecule has 1 aromatic carbocycles. The van der Waals surface area contributed by atoms with Gasteiger partial charge in [0.1, 0.15) is 23.7 Å². The predicted molar refractivity (Wildman–Crippen MR) is 97.8 cm³/mol. The molecule has 0 bridgehead atoms. The second kappa shape index (κ2) is 8.45. The topological polar surface area (TPSA) is 104 Å². The number of nitrogens with one attached hydrogen (secondary N) is 1. The normalized spacial score (nSPS) is 10.4. The molecule has 0 atom stereocenters. The third-order valence-electron chi connectivity index (χ3n) is 3.38. The highest BCUT2D eigenvalue weighted by molar-refractivity contribution is 7.09. The summed E-state index contributed by atoms with van der Waals surface area (Å²) in [6.07, 6.45) is 0. The molecule has 0 aliphatic carbocycles. The van der Waals surface area contributed by atoms with Crippen LogP contribution < -0.4 is 10.1 Å². The summed E-state index contributed by atoms with van der Waals surface area (Å²) in [5.74, 6) is -0.000239. The van der Waals surface area contributed by atoms with Gasteiger partial charge in [-0.15, -0.1) is 11.3 Å². The Kier molecular flexibility index (Phi) is 5.82. The molecule has 0 aliphatic heterocycles. The van der Waals surface area contributed by atoms with Crippen LogP contribution in [0.3, 0.4) is 0 Å². The highest BCUT2D eigenvalue weighted by Gasteiger charge is 2.16. The lowest BCUT2D eigenvalue weighted by Gasteiger charge is -2.10. The van der Waals surface area contributed by atoms with Gasteiger partial charge in [0.2, 0.25) is 0 Å². The molecule has 0 aliphatic rings. The van der Waals surface area contributed by atoms with E-state index in [0.29, 0.717) is 11.5 Å².